The predicted molar refractivity (Wildman–Crippen MR) is 88.2 cm³/mol. The van der Waals surface area contributed by atoms with Crippen LogP contribution >= 0.6 is 23.2 Å². The molecule has 24 heavy (non-hydrogen) atoms. The summed E-state index contributed by atoms with van der Waals surface area (Å²) in [6.07, 6.45) is -2.81. The number of alkyl halides is 3. The molecule has 1 aromatic heterocycles. The average molecular weight is 374 g/mol. The highest BCUT2D eigenvalue weighted by Crippen LogP contribution is 2.33. The van der Waals surface area contributed by atoms with E-state index in [0.29, 0.717) is 29.5 Å². The third kappa shape index (κ3) is 4.76. The van der Waals surface area contributed by atoms with E-state index >= 15 is 0 Å². The zero-order valence-corrected chi connectivity index (χ0v) is 14.0. The molecular formula is C16H12Cl2F3N3. The Hall–Kier alpha value is -1.97. The minimum atomic E-state index is -4.50. The molecule has 1 heterocycles. The van der Waals surface area contributed by atoms with E-state index in [0.717, 1.165) is 6.07 Å². The van der Waals surface area contributed by atoms with Gasteiger partial charge in [0.1, 0.15) is 17.2 Å². The van der Waals surface area contributed by atoms with Gasteiger partial charge < -0.3 is 5.32 Å². The quantitative estimate of drug-likeness (QED) is 0.609. The summed E-state index contributed by atoms with van der Waals surface area (Å²) in [5.74, 6) is 5.69. The number of rotatable bonds is 3. The lowest BCUT2D eigenvalue weighted by Gasteiger charge is -2.09. The largest absolute Gasteiger partial charge is 0.417 e. The molecule has 0 bridgehead atoms. The fourth-order valence-electron chi connectivity index (χ4n) is 1.84. The Morgan fingerprint density at radius 3 is 2.67 bits per heavy atom. The average Bonchev–Trinajstić information content (AvgIpc) is 2.51. The van der Waals surface area contributed by atoms with E-state index in [-0.39, 0.29) is 10.6 Å². The first kappa shape index (κ1) is 18.4. The van der Waals surface area contributed by atoms with Crippen LogP contribution in [-0.2, 0) is 6.18 Å². The fourth-order valence-corrected chi connectivity index (χ4v) is 2.18. The molecule has 0 unspecified atom stereocenters. The Bertz CT molecular complexity index is 795. The topological polar surface area (TPSA) is 37.8 Å². The summed E-state index contributed by atoms with van der Waals surface area (Å²) >= 11 is 11.6. The Labute approximate surface area is 147 Å². The molecule has 3 nitrogen and oxygen atoms in total. The van der Waals surface area contributed by atoms with Gasteiger partial charge in [-0.05, 0) is 25.1 Å². The van der Waals surface area contributed by atoms with Gasteiger partial charge in [0, 0.05) is 23.6 Å². The van der Waals surface area contributed by atoms with Gasteiger partial charge in [-0.15, -0.1) is 0 Å². The summed E-state index contributed by atoms with van der Waals surface area (Å²) in [6.45, 7) is 2.13. The lowest BCUT2D eigenvalue weighted by molar-refractivity contribution is -0.137. The molecule has 0 atom stereocenters. The molecule has 0 radical (unpaired) electrons. The van der Waals surface area contributed by atoms with Gasteiger partial charge >= 0.3 is 6.18 Å². The first-order chi connectivity index (χ1) is 11.3. The third-order valence-corrected chi connectivity index (χ3v) is 3.70. The molecule has 0 aliphatic carbocycles. The Morgan fingerprint density at radius 1 is 1.21 bits per heavy atom. The van der Waals surface area contributed by atoms with Crippen molar-refractivity contribution in [3.05, 3.63) is 51.4 Å². The Morgan fingerprint density at radius 2 is 1.96 bits per heavy atom. The van der Waals surface area contributed by atoms with Crippen LogP contribution in [0.1, 0.15) is 23.2 Å². The Balaban J connectivity index is 2.03. The lowest BCUT2D eigenvalue weighted by atomic mass is 10.1. The van der Waals surface area contributed by atoms with Crippen molar-refractivity contribution in [1.82, 2.24) is 9.97 Å². The number of halogens is 5. The molecule has 0 saturated heterocycles. The van der Waals surface area contributed by atoms with Crippen molar-refractivity contribution in [2.75, 3.05) is 11.9 Å². The fraction of sp³-hybridized carbons (Fsp3) is 0.250. The summed E-state index contributed by atoms with van der Waals surface area (Å²) in [4.78, 5) is 7.92. The molecule has 0 aliphatic heterocycles. The van der Waals surface area contributed by atoms with Gasteiger partial charge in [-0.1, -0.05) is 35.0 Å². The van der Waals surface area contributed by atoms with Crippen molar-refractivity contribution in [2.24, 2.45) is 0 Å². The number of aromatic nitrogens is 2. The van der Waals surface area contributed by atoms with E-state index in [4.69, 9.17) is 23.2 Å². The number of benzene rings is 1. The van der Waals surface area contributed by atoms with Gasteiger partial charge in [-0.25, -0.2) is 9.97 Å². The van der Waals surface area contributed by atoms with Crippen molar-refractivity contribution in [1.29, 1.82) is 0 Å². The first-order valence-electron chi connectivity index (χ1n) is 6.85. The van der Waals surface area contributed by atoms with E-state index < -0.39 is 11.7 Å². The normalized spacial score (nSPS) is 10.9. The highest BCUT2D eigenvalue weighted by Gasteiger charge is 2.33. The molecule has 2 aromatic rings. The van der Waals surface area contributed by atoms with Gasteiger partial charge in [0.05, 0.1) is 11.3 Å². The summed E-state index contributed by atoms with van der Waals surface area (Å²) in [5, 5.41) is 3.39. The van der Waals surface area contributed by atoms with Gasteiger partial charge in [0.25, 0.3) is 0 Å². The number of nitrogens with zero attached hydrogens (tertiary/aromatic N) is 2. The molecule has 1 N–H and O–H groups in total. The van der Waals surface area contributed by atoms with Crippen LogP contribution in [0, 0.1) is 18.8 Å². The molecule has 0 saturated carbocycles. The van der Waals surface area contributed by atoms with Gasteiger partial charge in [0.2, 0.25) is 0 Å². The van der Waals surface area contributed by atoms with Gasteiger partial charge in [0.15, 0.2) is 0 Å². The van der Waals surface area contributed by atoms with Crippen molar-refractivity contribution in [2.45, 2.75) is 19.5 Å². The summed E-state index contributed by atoms with van der Waals surface area (Å²) in [6, 6.07) is 3.51. The predicted octanol–water partition coefficient (Wildman–Crippen LogP) is 4.96. The molecule has 8 heteroatoms. The number of anilines is 1. The lowest BCUT2D eigenvalue weighted by Crippen LogP contribution is -2.07. The zero-order chi connectivity index (χ0) is 17.7. The van der Waals surface area contributed by atoms with Crippen LogP contribution in [0.3, 0.4) is 0 Å². The second kappa shape index (κ2) is 7.73. The van der Waals surface area contributed by atoms with Crippen LogP contribution in [-0.4, -0.2) is 16.5 Å². The van der Waals surface area contributed by atoms with Crippen molar-refractivity contribution in [3.8, 4) is 11.8 Å². The van der Waals surface area contributed by atoms with Crippen LogP contribution in [0.4, 0.5) is 19.0 Å². The van der Waals surface area contributed by atoms with Crippen molar-refractivity contribution < 1.29 is 13.2 Å². The molecule has 2 rings (SSSR count). The second-order valence-electron chi connectivity index (χ2n) is 4.79. The molecule has 126 valence electrons. The van der Waals surface area contributed by atoms with E-state index in [1.165, 1.54) is 18.5 Å². The maximum atomic E-state index is 12.9. The standard InChI is InChI=1S/C16H12Cl2F3N3/c1-10-14(18)15(24-9-23-10)22-7-3-2-4-11-5-6-12(17)8-13(11)16(19,20)21/h5-6,8-9H,3,7H2,1H3,(H,22,23,24). The monoisotopic (exact) mass is 373 g/mol. The second-order valence-corrected chi connectivity index (χ2v) is 5.60. The van der Waals surface area contributed by atoms with Crippen molar-refractivity contribution in [3.63, 3.8) is 0 Å². The van der Waals surface area contributed by atoms with Crippen LogP contribution in [0.2, 0.25) is 10.0 Å². The van der Waals surface area contributed by atoms with Crippen LogP contribution in [0.25, 0.3) is 0 Å². The first-order valence-corrected chi connectivity index (χ1v) is 7.61. The molecule has 0 spiro atoms. The number of hydrogen-bond acceptors (Lipinski definition) is 3. The zero-order valence-electron chi connectivity index (χ0n) is 12.5. The van der Waals surface area contributed by atoms with Gasteiger partial charge in [-0.2, -0.15) is 13.2 Å². The van der Waals surface area contributed by atoms with E-state index in [1.54, 1.807) is 6.92 Å². The number of hydrogen-bond donors (Lipinski definition) is 1. The molecule has 0 amide bonds. The maximum absolute atomic E-state index is 12.9. The SMILES string of the molecule is Cc1ncnc(NCCC#Cc2ccc(Cl)cc2C(F)(F)F)c1Cl. The molecule has 0 aliphatic rings. The van der Waals surface area contributed by atoms with Crippen molar-refractivity contribution >= 4 is 29.0 Å². The number of aryl methyl sites for hydroxylation is 1. The summed E-state index contributed by atoms with van der Waals surface area (Å²) in [5.41, 5.74) is -0.316. The third-order valence-electron chi connectivity index (χ3n) is 3.02. The van der Waals surface area contributed by atoms with Gasteiger partial charge in [-0.3, -0.25) is 0 Å². The molecule has 0 fully saturated rings. The molecule has 1 aromatic carbocycles. The summed E-state index contributed by atoms with van der Waals surface area (Å²) < 4.78 is 38.8. The highest BCUT2D eigenvalue weighted by atomic mass is 35.5. The Kier molecular flexibility index (Phi) is 5.92. The summed E-state index contributed by atoms with van der Waals surface area (Å²) in [7, 11) is 0. The maximum Gasteiger partial charge on any atom is 0.417 e. The van der Waals surface area contributed by atoms with E-state index in [2.05, 4.69) is 27.1 Å². The van der Waals surface area contributed by atoms with Crippen LogP contribution in [0.15, 0.2) is 24.5 Å². The van der Waals surface area contributed by atoms with Crippen LogP contribution < -0.4 is 5.32 Å². The smallest absolute Gasteiger partial charge is 0.368 e. The minimum Gasteiger partial charge on any atom is -0.368 e. The molecular weight excluding hydrogens is 362 g/mol. The van der Waals surface area contributed by atoms with E-state index in [9.17, 15) is 13.2 Å². The minimum absolute atomic E-state index is 0.0170. The van der Waals surface area contributed by atoms with Crippen LogP contribution in [0.5, 0.6) is 0 Å². The van der Waals surface area contributed by atoms with E-state index in [1.807, 2.05) is 0 Å². The number of nitrogens with one attached hydrogen (secondary N) is 1. The highest BCUT2D eigenvalue weighted by molar-refractivity contribution is 6.33.